The molecule has 0 spiro atoms. The quantitative estimate of drug-likeness (QED) is 0.725. The summed E-state index contributed by atoms with van der Waals surface area (Å²) in [5.41, 5.74) is 1.72. The van der Waals surface area contributed by atoms with Crippen molar-refractivity contribution in [1.82, 2.24) is 15.0 Å². The fraction of sp³-hybridized carbons (Fsp3) is 0.294. The number of carbonyl (C=O) groups is 2. The van der Waals surface area contributed by atoms with Crippen LogP contribution < -0.4 is 5.32 Å². The maximum atomic E-state index is 12.5. The first-order chi connectivity index (χ1) is 12.5. The number of methoxy groups -OCH3 is 1. The second-order valence-electron chi connectivity index (χ2n) is 5.64. The number of benzene rings is 1. The number of hydrogen-bond acceptors (Lipinski definition) is 8. The lowest BCUT2D eigenvalue weighted by Gasteiger charge is -2.15. The number of amides is 1. The van der Waals surface area contributed by atoms with Crippen molar-refractivity contribution >= 4 is 17.6 Å². The van der Waals surface area contributed by atoms with Crippen molar-refractivity contribution < 1.29 is 24.0 Å². The summed E-state index contributed by atoms with van der Waals surface area (Å²) in [5.74, 6) is -0.0134. The SMILES string of the molecule is COC(=O)C1=C(Nc2ccc(-c3nc(C)no3)cc2)C(=O)N(CCO)C1. The van der Waals surface area contributed by atoms with E-state index in [1.165, 1.54) is 12.0 Å². The molecule has 0 atom stereocenters. The van der Waals surface area contributed by atoms with Gasteiger partial charge in [0, 0.05) is 17.8 Å². The van der Waals surface area contributed by atoms with Gasteiger partial charge in [-0.1, -0.05) is 5.16 Å². The van der Waals surface area contributed by atoms with Crippen LogP contribution in [0, 0.1) is 6.92 Å². The fourth-order valence-electron chi connectivity index (χ4n) is 2.60. The van der Waals surface area contributed by atoms with Crippen molar-refractivity contribution in [3.05, 3.63) is 41.4 Å². The summed E-state index contributed by atoms with van der Waals surface area (Å²) in [4.78, 5) is 30.0. The molecule has 0 aliphatic carbocycles. The van der Waals surface area contributed by atoms with Gasteiger partial charge >= 0.3 is 5.97 Å². The largest absolute Gasteiger partial charge is 0.466 e. The number of carbonyl (C=O) groups excluding carboxylic acids is 2. The van der Waals surface area contributed by atoms with E-state index in [2.05, 4.69) is 15.5 Å². The van der Waals surface area contributed by atoms with Gasteiger partial charge in [-0.3, -0.25) is 4.79 Å². The summed E-state index contributed by atoms with van der Waals surface area (Å²) in [5, 5.41) is 15.8. The van der Waals surface area contributed by atoms with E-state index in [1.807, 2.05) is 0 Å². The Kier molecular flexibility index (Phi) is 4.99. The standard InChI is InChI=1S/C17H18N4O5/c1-10-18-15(26-20-10)11-3-5-12(6-4-11)19-14-13(17(24)25-2)9-21(7-8-22)16(14)23/h3-6,19,22H,7-9H2,1-2H3. The number of nitrogens with one attached hydrogen (secondary N) is 1. The highest BCUT2D eigenvalue weighted by atomic mass is 16.5. The van der Waals surface area contributed by atoms with Crippen LogP contribution in [0.25, 0.3) is 11.5 Å². The van der Waals surface area contributed by atoms with E-state index in [4.69, 9.17) is 14.4 Å². The third kappa shape index (κ3) is 3.42. The number of ether oxygens (including phenoxy) is 1. The molecule has 1 aromatic heterocycles. The molecule has 0 bridgehead atoms. The van der Waals surface area contributed by atoms with Crippen LogP contribution in [0.3, 0.4) is 0 Å². The van der Waals surface area contributed by atoms with Gasteiger partial charge in [-0.15, -0.1) is 0 Å². The normalized spacial score (nSPS) is 14.1. The molecule has 0 saturated heterocycles. The molecule has 2 heterocycles. The molecule has 2 aromatic rings. The minimum Gasteiger partial charge on any atom is -0.466 e. The van der Waals surface area contributed by atoms with Gasteiger partial charge in [0.15, 0.2) is 5.82 Å². The highest BCUT2D eigenvalue weighted by Gasteiger charge is 2.34. The van der Waals surface area contributed by atoms with Crippen molar-refractivity contribution in [1.29, 1.82) is 0 Å². The van der Waals surface area contributed by atoms with E-state index in [9.17, 15) is 9.59 Å². The molecule has 0 saturated carbocycles. The Morgan fingerprint density at radius 2 is 2.12 bits per heavy atom. The molecule has 136 valence electrons. The van der Waals surface area contributed by atoms with Crippen LogP contribution in [-0.4, -0.2) is 58.8 Å². The molecule has 1 aliphatic rings. The average Bonchev–Trinajstić information content (AvgIpc) is 3.21. The summed E-state index contributed by atoms with van der Waals surface area (Å²) >= 11 is 0. The first kappa shape index (κ1) is 17.6. The van der Waals surface area contributed by atoms with E-state index in [0.717, 1.165) is 5.56 Å². The van der Waals surface area contributed by atoms with E-state index in [-0.39, 0.29) is 36.9 Å². The second kappa shape index (κ2) is 7.36. The molecule has 9 heteroatoms. The van der Waals surface area contributed by atoms with Crippen molar-refractivity contribution in [2.45, 2.75) is 6.92 Å². The van der Waals surface area contributed by atoms with E-state index in [1.54, 1.807) is 31.2 Å². The van der Waals surface area contributed by atoms with Crippen molar-refractivity contribution in [3.8, 4) is 11.5 Å². The Balaban J connectivity index is 1.83. The van der Waals surface area contributed by atoms with E-state index in [0.29, 0.717) is 17.4 Å². The predicted octanol–water partition coefficient (Wildman–Crippen LogP) is 0.719. The smallest absolute Gasteiger partial charge is 0.337 e. The Bertz CT molecular complexity index is 856. The number of esters is 1. The van der Waals surface area contributed by atoms with Crippen LogP contribution in [0.5, 0.6) is 0 Å². The monoisotopic (exact) mass is 358 g/mol. The zero-order chi connectivity index (χ0) is 18.7. The second-order valence-corrected chi connectivity index (χ2v) is 5.64. The van der Waals surface area contributed by atoms with Gasteiger partial charge in [-0.25, -0.2) is 4.79 Å². The molecule has 1 aromatic carbocycles. The summed E-state index contributed by atoms with van der Waals surface area (Å²) < 4.78 is 9.86. The minimum absolute atomic E-state index is 0.0910. The van der Waals surface area contributed by atoms with Gasteiger partial charge in [-0.2, -0.15) is 4.98 Å². The van der Waals surface area contributed by atoms with Crippen LogP contribution in [0.1, 0.15) is 5.82 Å². The number of anilines is 1. The third-order valence-corrected chi connectivity index (χ3v) is 3.88. The summed E-state index contributed by atoms with van der Waals surface area (Å²) in [6.07, 6.45) is 0. The summed E-state index contributed by atoms with van der Waals surface area (Å²) in [7, 11) is 1.26. The molecule has 1 aliphatic heterocycles. The molecule has 0 unspecified atom stereocenters. The van der Waals surface area contributed by atoms with Crippen LogP contribution in [0.15, 0.2) is 40.1 Å². The van der Waals surface area contributed by atoms with Gasteiger partial charge in [0.2, 0.25) is 0 Å². The zero-order valence-electron chi connectivity index (χ0n) is 14.4. The Morgan fingerprint density at radius 1 is 1.38 bits per heavy atom. The molecule has 0 radical (unpaired) electrons. The van der Waals surface area contributed by atoms with Crippen LogP contribution in [-0.2, 0) is 14.3 Å². The molecule has 9 nitrogen and oxygen atoms in total. The van der Waals surface area contributed by atoms with Crippen LogP contribution in [0.4, 0.5) is 5.69 Å². The van der Waals surface area contributed by atoms with Crippen molar-refractivity contribution in [2.75, 3.05) is 32.1 Å². The van der Waals surface area contributed by atoms with Gasteiger partial charge in [0.05, 0.1) is 25.8 Å². The molecule has 0 fully saturated rings. The molecule has 2 N–H and O–H groups in total. The number of aryl methyl sites for hydroxylation is 1. The van der Waals surface area contributed by atoms with Gasteiger partial charge in [0.1, 0.15) is 5.70 Å². The van der Waals surface area contributed by atoms with Crippen molar-refractivity contribution in [3.63, 3.8) is 0 Å². The first-order valence-corrected chi connectivity index (χ1v) is 7.93. The Hall–Kier alpha value is -3.20. The zero-order valence-corrected chi connectivity index (χ0v) is 14.4. The molecular formula is C17H18N4O5. The molecular weight excluding hydrogens is 340 g/mol. The highest BCUT2D eigenvalue weighted by molar-refractivity contribution is 6.08. The van der Waals surface area contributed by atoms with Crippen LogP contribution >= 0.6 is 0 Å². The minimum atomic E-state index is -0.584. The summed E-state index contributed by atoms with van der Waals surface area (Å²) in [6.45, 7) is 1.77. The lowest BCUT2D eigenvalue weighted by Crippen LogP contribution is -2.31. The number of hydrogen-bond donors (Lipinski definition) is 2. The first-order valence-electron chi connectivity index (χ1n) is 7.93. The maximum Gasteiger partial charge on any atom is 0.337 e. The topological polar surface area (TPSA) is 118 Å². The maximum absolute atomic E-state index is 12.5. The number of β-amino-alcohol motifs (C(OH)–C–C–N with tert-alkyl or cyclic N) is 1. The fourth-order valence-corrected chi connectivity index (χ4v) is 2.60. The Morgan fingerprint density at radius 3 is 2.69 bits per heavy atom. The molecule has 3 rings (SSSR count). The average molecular weight is 358 g/mol. The van der Waals surface area contributed by atoms with Crippen LogP contribution in [0.2, 0.25) is 0 Å². The van der Waals surface area contributed by atoms with Gasteiger partial charge < -0.3 is 24.6 Å². The molecule has 26 heavy (non-hydrogen) atoms. The van der Waals surface area contributed by atoms with Crippen molar-refractivity contribution in [2.24, 2.45) is 0 Å². The Labute approximate surface area is 149 Å². The van der Waals surface area contributed by atoms with E-state index < -0.39 is 5.97 Å². The number of nitrogens with zero attached hydrogens (tertiary/aromatic N) is 3. The number of aliphatic hydroxyl groups excluding tert-OH is 1. The molecule has 1 amide bonds. The predicted molar refractivity (Wildman–Crippen MR) is 90.8 cm³/mol. The van der Waals surface area contributed by atoms with E-state index >= 15 is 0 Å². The highest BCUT2D eigenvalue weighted by Crippen LogP contribution is 2.24. The summed E-state index contributed by atoms with van der Waals surface area (Å²) in [6, 6.07) is 6.99. The van der Waals surface area contributed by atoms with Gasteiger partial charge in [0.25, 0.3) is 11.8 Å². The lowest BCUT2D eigenvalue weighted by atomic mass is 10.2. The third-order valence-electron chi connectivity index (χ3n) is 3.88. The number of aliphatic hydroxyl groups is 1. The van der Waals surface area contributed by atoms with Gasteiger partial charge in [-0.05, 0) is 31.2 Å². The number of rotatable bonds is 6. The number of aromatic nitrogens is 2. The lowest BCUT2D eigenvalue weighted by molar-refractivity contribution is -0.136.